The molecule has 6 nitrogen and oxygen atoms in total. The van der Waals surface area contributed by atoms with Gasteiger partial charge in [0.1, 0.15) is 11.4 Å². The molecule has 3 rings (SSSR count). The van der Waals surface area contributed by atoms with Crippen LogP contribution in [0.2, 0.25) is 0 Å². The second-order valence-electron chi connectivity index (χ2n) is 6.44. The van der Waals surface area contributed by atoms with E-state index in [9.17, 15) is 9.59 Å². The Morgan fingerprint density at radius 1 is 1.03 bits per heavy atom. The highest BCUT2D eigenvalue weighted by atomic mass is 16.5. The van der Waals surface area contributed by atoms with Crippen LogP contribution in [0, 0.1) is 11.8 Å². The highest BCUT2D eigenvalue weighted by Crippen LogP contribution is 2.12. The first-order valence-corrected chi connectivity index (χ1v) is 9.23. The maximum absolute atomic E-state index is 12.4. The van der Waals surface area contributed by atoms with Gasteiger partial charge in [0, 0.05) is 24.7 Å². The van der Waals surface area contributed by atoms with Gasteiger partial charge >= 0.3 is 5.97 Å². The van der Waals surface area contributed by atoms with Crippen LogP contribution in [0.25, 0.3) is 0 Å². The van der Waals surface area contributed by atoms with Crippen LogP contribution in [-0.4, -0.2) is 29.1 Å². The monoisotopic (exact) mass is 400 g/mol. The Kier molecular flexibility index (Phi) is 6.80. The van der Waals surface area contributed by atoms with E-state index >= 15 is 0 Å². The molecule has 0 unspecified atom stereocenters. The number of carboxylic acid groups (broad SMARTS) is 1. The Balaban J connectivity index is 1.60. The molecule has 150 valence electrons. The summed E-state index contributed by atoms with van der Waals surface area (Å²) in [5.41, 5.74) is 3.01. The average molecular weight is 400 g/mol. The summed E-state index contributed by atoms with van der Waals surface area (Å²) in [6, 6.07) is 17.3. The predicted molar refractivity (Wildman–Crippen MR) is 112 cm³/mol. The third kappa shape index (κ3) is 5.69. The average Bonchev–Trinajstić information content (AvgIpc) is 2.78. The molecule has 0 radical (unpaired) electrons. The minimum atomic E-state index is -0.984. The highest BCUT2D eigenvalue weighted by Gasteiger charge is 2.07. The summed E-state index contributed by atoms with van der Waals surface area (Å²) in [4.78, 5) is 27.5. The summed E-state index contributed by atoms with van der Waals surface area (Å²) in [7, 11) is 1.62. The van der Waals surface area contributed by atoms with Gasteiger partial charge in [0.2, 0.25) is 0 Å². The van der Waals surface area contributed by atoms with E-state index in [1.807, 2.05) is 24.3 Å². The molecule has 2 aromatic carbocycles. The van der Waals surface area contributed by atoms with Crippen molar-refractivity contribution in [3.05, 3.63) is 94.8 Å². The Hall–Kier alpha value is -4.11. The van der Waals surface area contributed by atoms with Gasteiger partial charge in [0.15, 0.2) is 0 Å². The third-order valence-electron chi connectivity index (χ3n) is 4.32. The van der Waals surface area contributed by atoms with Crippen molar-refractivity contribution < 1.29 is 19.4 Å². The second-order valence-corrected chi connectivity index (χ2v) is 6.44. The summed E-state index contributed by atoms with van der Waals surface area (Å²) < 4.78 is 5.20. The van der Waals surface area contributed by atoms with Gasteiger partial charge in [0.05, 0.1) is 12.7 Å². The molecule has 1 aromatic heterocycles. The number of carboxylic acids is 1. The number of methoxy groups -OCH3 is 1. The number of carbonyl (C=O) groups excluding carboxylic acids is 1. The quantitative estimate of drug-likeness (QED) is 0.620. The maximum Gasteiger partial charge on any atom is 0.335 e. The lowest BCUT2D eigenvalue weighted by Gasteiger charge is -2.06. The van der Waals surface area contributed by atoms with Gasteiger partial charge in [-0.05, 0) is 53.4 Å². The van der Waals surface area contributed by atoms with E-state index < -0.39 is 5.97 Å². The zero-order chi connectivity index (χ0) is 21.3. The van der Waals surface area contributed by atoms with E-state index in [0.29, 0.717) is 17.7 Å². The molecule has 0 aliphatic rings. The van der Waals surface area contributed by atoms with E-state index in [0.717, 1.165) is 16.9 Å². The molecule has 0 bridgehead atoms. The number of rotatable bonds is 6. The van der Waals surface area contributed by atoms with E-state index in [2.05, 4.69) is 22.1 Å². The predicted octanol–water partition coefficient (Wildman–Crippen LogP) is 3.31. The van der Waals surface area contributed by atoms with Crippen LogP contribution in [-0.2, 0) is 13.0 Å². The number of nitrogens with one attached hydrogen (secondary N) is 1. The molecule has 2 N–H and O–H groups in total. The van der Waals surface area contributed by atoms with Crippen LogP contribution < -0.4 is 10.1 Å². The summed E-state index contributed by atoms with van der Waals surface area (Å²) in [5.74, 6) is 5.58. The molecule has 1 heterocycles. The van der Waals surface area contributed by atoms with E-state index in [4.69, 9.17) is 9.84 Å². The molecule has 0 atom stereocenters. The first-order chi connectivity index (χ1) is 14.5. The Bertz CT molecular complexity index is 1110. The van der Waals surface area contributed by atoms with Crippen LogP contribution in [0.3, 0.4) is 0 Å². The van der Waals surface area contributed by atoms with Crippen molar-refractivity contribution in [3.8, 4) is 17.6 Å². The van der Waals surface area contributed by atoms with Gasteiger partial charge in [-0.1, -0.05) is 30.2 Å². The molecule has 0 fully saturated rings. The van der Waals surface area contributed by atoms with Crippen LogP contribution in [0.5, 0.6) is 5.75 Å². The fourth-order valence-corrected chi connectivity index (χ4v) is 2.71. The van der Waals surface area contributed by atoms with Gasteiger partial charge in [-0.25, -0.2) is 9.78 Å². The van der Waals surface area contributed by atoms with Crippen molar-refractivity contribution in [3.63, 3.8) is 0 Å². The van der Waals surface area contributed by atoms with Gasteiger partial charge in [0.25, 0.3) is 5.91 Å². The van der Waals surface area contributed by atoms with Crippen LogP contribution in [0.15, 0.2) is 66.9 Å². The Morgan fingerprint density at radius 2 is 1.83 bits per heavy atom. The lowest BCUT2D eigenvalue weighted by molar-refractivity contribution is 0.0696. The largest absolute Gasteiger partial charge is 0.497 e. The van der Waals surface area contributed by atoms with Crippen molar-refractivity contribution in [1.82, 2.24) is 10.3 Å². The number of carbonyl (C=O) groups is 2. The summed E-state index contributed by atoms with van der Waals surface area (Å²) in [6.07, 6.45) is 2.09. The molecule has 0 aliphatic heterocycles. The third-order valence-corrected chi connectivity index (χ3v) is 4.32. The van der Waals surface area contributed by atoms with Gasteiger partial charge in [-0.15, -0.1) is 0 Å². The number of benzene rings is 2. The molecule has 3 aromatic rings. The standard InChI is InChI=1S/C24H20N2O4/c1-30-22-7-3-5-17(14-22)4-2-6-21-15-20(12-13-25-21)23(27)26-16-18-8-10-19(11-9-18)24(28)29/h3,5,7-15H,4,16H2,1H3,(H,26,27)(H,28,29). The smallest absolute Gasteiger partial charge is 0.335 e. The van der Waals surface area contributed by atoms with E-state index in [1.54, 1.807) is 37.6 Å². The van der Waals surface area contributed by atoms with Crippen LogP contribution >= 0.6 is 0 Å². The Morgan fingerprint density at radius 3 is 2.57 bits per heavy atom. The number of aromatic carboxylic acids is 1. The molecule has 30 heavy (non-hydrogen) atoms. The number of ether oxygens (including phenoxy) is 1. The molecule has 0 saturated carbocycles. The zero-order valence-electron chi connectivity index (χ0n) is 16.4. The summed E-state index contributed by atoms with van der Waals surface area (Å²) in [6.45, 7) is 0.290. The molecule has 0 saturated heterocycles. The number of aromatic nitrogens is 1. The second kappa shape index (κ2) is 9.89. The van der Waals surface area contributed by atoms with E-state index in [1.165, 1.54) is 12.1 Å². The van der Waals surface area contributed by atoms with Crippen LogP contribution in [0.1, 0.15) is 37.5 Å². The van der Waals surface area contributed by atoms with Crippen molar-refractivity contribution in [1.29, 1.82) is 0 Å². The van der Waals surface area contributed by atoms with Crippen molar-refractivity contribution >= 4 is 11.9 Å². The molecule has 0 aliphatic carbocycles. The number of amides is 1. The first-order valence-electron chi connectivity index (χ1n) is 9.23. The van der Waals surface area contributed by atoms with E-state index in [-0.39, 0.29) is 18.0 Å². The van der Waals surface area contributed by atoms with Crippen molar-refractivity contribution in [2.45, 2.75) is 13.0 Å². The molecule has 1 amide bonds. The fraction of sp³-hybridized carbons (Fsp3) is 0.125. The zero-order valence-corrected chi connectivity index (χ0v) is 16.4. The van der Waals surface area contributed by atoms with Gasteiger partial charge in [-0.2, -0.15) is 0 Å². The first kappa shape index (κ1) is 20.6. The number of hydrogen-bond acceptors (Lipinski definition) is 4. The minimum Gasteiger partial charge on any atom is -0.497 e. The molecular weight excluding hydrogens is 380 g/mol. The fourth-order valence-electron chi connectivity index (χ4n) is 2.71. The number of pyridine rings is 1. The van der Waals surface area contributed by atoms with Gasteiger partial charge in [-0.3, -0.25) is 4.79 Å². The van der Waals surface area contributed by atoms with Crippen LogP contribution in [0.4, 0.5) is 0 Å². The summed E-state index contributed by atoms with van der Waals surface area (Å²) in [5, 5.41) is 11.7. The molecular formula is C24H20N2O4. The summed E-state index contributed by atoms with van der Waals surface area (Å²) >= 11 is 0. The highest BCUT2D eigenvalue weighted by molar-refractivity contribution is 5.94. The normalized spacial score (nSPS) is 9.90. The van der Waals surface area contributed by atoms with Gasteiger partial charge < -0.3 is 15.2 Å². The molecule has 0 spiro atoms. The minimum absolute atomic E-state index is 0.205. The lowest BCUT2D eigenvalue weighted by atomic mass is 10.1. The maximum atomic E-state index is 12.4. The molecule has 6 heteroatoms. The topological polar surface area (TPSA) is 88.5 Å². The lowest BCUT2D eigenvalue weighted by Crippen LogP contribution is -2.23. The Labute approximate surface area is 174 Å². The number of nitrogens with zero attached hydrogens (tertiary/aromatic N) is 1. The van der Waals surface area contributed by atoms with Crippen molar-refractivity contribution in [2.24, 2.45) is 0 Å². The SMILES string of the molecule is COc1cccc(CC#Cc2cc(C(=O)NCc3ccc(C(=O)O)cc3)ccn2)c1. The van der Waals surface area contributed by atoms with Crippen molar-refractivity contribution in [2.75, 3.05) is 7.11 Å². The number of hydrogen-bond donors (Lipinski definition) is 2.